The van der Waals surface area contributed by atoms with Crippen LogP contribution < -0.4 is 10.6 Å². The van der Waals surface area contributed by atoms with Crippen LogP contribution in [0.4, 0.5) is 21.9 Å². The molecule has 4 rings (SSSR count). The van der Waals surface area contributed by atoms with Gasteiger partial charge in [-0.3, -0.25) is 0 Å². The van der Waals surface area contributed by atoms with Gasteiger partial charge in [0.15, 0.2) is 0 Å². The van der Waals surface area contributed by atoms with E-state index in [9.17, 15) is 9.90 Å². The molecule has 0 spiro atoms. The highest BCUT2D eigenvalue weighted by Gasteiger charge is 2.14. The third-order valence-electron chi connectivity index (χ3n) is 4.86. The zero-order valence-electron chi connectivity index (χ0n) is 16.8. The lowest BCUT2D eigenvalue weighted by molar-refractivity contribution is 0.224. The van der Waals surface area contributed by atoms with Crippen molar-refractivity contribution in [2.45, 2.75) is 12.5 Å². The van der Waals surface area contributed by atoms with Crippen LogP contribution in [0.3, 0.4) is 0 Å². The molecule has 0 aliphatic carbocycles. The Morgan fingerprint density at radius 2 is 1.58 bits per heavy atom. The Labute approximate surface area is 179 Å². The lowest BCUT2D eigenvalue weighted by Gasteiger charge is -2.16. The number of aromatic amines is 1. The van der Waals surface area contributed by atoms with Crippen molar-refractivity contribution < 1.29 is 9.90 Å². The maximum Gasteiger partial charge on any atom is 0.319 e. The van der Waals surface area contributed by atoms with Gasteiger partial charge in [-0.05, 0) is 54.4 Å². The number of amides is 2. The SMILES string of the molecule is O=C(Nc1ccc(N=Nc2ccccc2)cc1)NC(CO)Cc1c[nH]c2ccccc12. The number of H-pyrrole nitrogens is 1. The molecule has 0 saturated carbocycles. The summed E-state index contributed by atoms with van der Waals surface area (Å²) in [4.78, 5) is 15.6. The van der Waals surface area contributed by atoms with E-state index in [4.69, 9.17) is 0 Å². The van der Waals surface area contributed by atoms with Crippen LogP contribution in [-0.2, 0) is 6.42 Å². The van der Waals surface area contributed by atoms with Crippen LogP contribution in [0.1, 0.15) is 5.56 Å². The second-order valence-corrected chi connectivity index (χ2v) is 7.12. The van der Waals surface area contributed by atoms with Crippen molar-refractivity contribution in [1.82, 2.24) is 10.3 Å². The molecule has 3 aromatic carbocycles. The number of aromatic nitrogens is 1. The summed E-state index contributed by atoms with van der Waals surface area (Å²) in [7, 11) is 0. The third kappa shape index (κ3) is 5.34. The summed E-state index contributed by atoms with van der Waals surface area (Å²) in [6.07, 6.45) is 2.43. The first kappa shape index (κ1) is 20.3. The third-order valence-corrected chi connectivity index (χ3v) is 4.86. The van der Waals surface area contributed by atoms with E-state index in [0.717, 1.165) is 22.2 Å². The number of benzene rings is 3. The highest BCUT2D eigenvalue weighted by atomic mass is 16.3. The zero-order valence-corrected chi connectivity index (χ0v) is 16.8. The van der Waals surface area contributed by atoms with Crippen molar-refractivity contribution in [3.63, 3.8) is 0 Å². The summed E-state index contributed by atoms with van der Waals surface area (Å²) in [6, 6.07) is 23.7. The van der Waals surface area contributed by atoms with Crippen molar-refractivity contribution >= 4 is 34.0 Å². The van der Waals surface area contributed by atoms with E-state index >= 15 is 0 Å². The largest absolute Gasteiger partial charge is 0.394 e. The van der Waals surface area contributed by atoms with Gasteiger partial charge in [0.1, 0.15) is 0 Å². The van der Waals surface area contributed by atoms with Crippen molar-refractivity contribution in [2.24, 2.45) is 10.2 Å². The molecule has 0 saturated heterocycles. The number of urea groups is 1. The van der Waals surface area contributed by atoms with Crippen LogP contribution in [0.5, 0.6) is 0 Å². The second-order valence-electron chi connectivity index (χ2n) is 7.12. The molecule has 0 fully saturated rings. The van der Waals surface area contributed by atoms with E-state index in [-0.39, 0.29) is 12.6 Å². The zero-order chi connectivity index (χ0) is 21.5. The van der Waals surface area contributed by atoms with E-state index in [2.05, 4.69) is 25.8 Å². The Bertz CT molecular complexity index is 1170. The molecule has 2 amide bonds. The molecule has 31 heavy (non-hydrogen) atoms. The Balaban J connectivity index is 1.33. The van der Waals surface area contributed by atoms with Gasteiger partial charge in [-0.2, -0.15) is 10.2 Å². The number of nitrogens with zero attached hydrogens (tertiary/aromatic N) is 2. The highest BCUT2D eigenvalue weighted by molar-refractivity contribution is 5.89. The summed E-state index contributed by atoms with van der Waals surface area (Å²) in [5.74, 6) is 0. The molecule has 7 nitrogen and oxygen atoms in total. The van der Waals surface area contributed by atoms with Gasteiger partial charge in [0.25, 0.3) is 0 Å². The number of anilines is 1. The quantitative estimate of drug-likeness (QED) is 0.309. The van der Waals surface area contributed by atoms with Crippen LogP contribution in [0.2, 0.25) is 0 Å². The fraction of sp³-hybridized carbons (Fsp3) is 0.125. The summed E-state index contributed by atoms with van der Waals surface area (Å²) in [6.45, 7) is -0.161. The van der Waals surface area contributed by atoms with Crippen LogP contribution in [0.25, 0.3) is 10.9 Å². The van der Waals surface area contributed by atoms with Crippen LogP contribution in [-0.4, -0.2) is 28.8 Å². The maximum absolute atomic E-state index is 12.4. The van der Waals surface area contributed by atoms with Gasteiger partial charge in [-0.25, -0.2) is 4.79 Å². The minimum absolute atomic E-state index is 0.161. The number of hydrogen-bond acceptors (Lipinski definition) is 4. The molecule has 1 unspecified atom stereocenters. The number of carbonyl (C=O) groups excluding carboxylic acids is 1. The number of fused-ring (bicyclic) bond motifs is 1. The number of aliphatic hydroxyl groups excluding tert-OH is 1. The molecule has 156 valence electrons. The minimum Gasteiger partial charge on any atom is -0.394 e. The van der Waals surface area contributed by atoms with Crippen molar-refractivity contribution in [3.05, 3.63) is 90.6 Å². The summed E-state index contributed by atoms with van der Waals surface area (Å²) >= 11 is 0. The standard InChI is InChI=1S/C24H23N5O2/c30-16-21(14-17-15-25-23-9-5-4-8-22(17)23)27-24(31)26-18-10-12-20(13-11-18)29-28-19-6-2-1-3-7-19/h1-13,15,21,25,30H,14,16H2,(H2,26,27,31). The predicted octanol–water partition coefficient (Wildman–Crippen LogP) is 5.31. The van der Waals surface area contributed by atoms with Gasteiger partial charge in [0, 0.05) is 22.8 Å². The fourth-order valence-corrected chi connectivity index (χ4v) is 3.30. The van der Waals surface area contributed by atoms with Crippen molar-refractivity contribution in [2.75, 3.05) is 11.9 Å². The summed E-state index contributed by atoms with van der Waals surface area (Å²) < 4.78 is 0. The van der Waals surface area contributed by atoms with E-state index in [1.165, 1.54) is 0 Å². The van der Waals surface area contributed by atoms with Gasteiger partial charge in [0.2, 0.25) is 0 Å². The molecule has 0 bridgehead atoms. The molecular formula is C24H23N5O2. The number of azo groups is 1. The smallest absolute Gasteiger partial charge is 0.319 e. The molecule has 0 aliphatic heterocycles. The Morgan fingerprint density at radius 1 is 0.903 bits per heavy atom. The van der Waals surface area contributed by atoms with Crippen LogP contribution >= 0.6 is 0 Å². The molecule has 1 heterocycles. The van der Waals surface area contributed by atoms with Gasteiger partial charge >= 0.3 is 6.03 Å². The number of aliphatic hydroxyl groups is 1. The molecule has 4 aromatic rings. The molecule has 1 aromatic heterocycles. The number of hydrogen-bond donors (Lipinski definition) is 4. The first-order chi connectivity index (χ1) is 15.2. The number of para-hydroxylation sites is 1. The van der Waals surface area contributed by atoms with Gasteiger partial charge in [-0.15, -0.1) is 0 Å². The fourth-order valence-electron chi connectivity index (χ4n) is 3.30. The highest BCUT2D eigenvalue weighted by Crippen LogP contribution is 2.21. The van der Waals surface area contributed by atoms with E-state index in [0.29, 0.717) is 17.8 Å². The van der Waals surface area contributed by atoms with Crippen LogP contribution in [0.15, 0.2) is 95.3 Å². The molecule has 7 heteroatoms. The Morgan fingerprint density at radius 3 is 2.32 bits per heavy atom. The molecular weight excluding hydrogens is 390 g/mol. The first-order valence-corrected chi connectivity index (χ1v) is 10.0. The lowest BCUT2D eigenvalue weighted by atomic mass is 10.1. The number of rotatable bonds is 7. The predicted molar refractivity (Wildman–Crippen MR) is 122 cm³/mol. The Kier molecular flexibility index (Phi) is 6.35. The molecule has 1 atom stereocenters. The van der Waals surface area contributed by atoms with Gasteiger partial charge < -0.3 is 20.7 Å². The van der Waals surface area contributed by atoms with E-state index in [1.807, 2.05) is 60.8 Å². The summed E-state index contributed by atoms with van der Waals surface area (Å²) in [5.41, 5.74) is 4.16. The van der Waals surface area contributed by atoms with E-state index in [1.54, 1.807) is 24.3 Å². The maximum atomic E-state index is 12.4. The lowest BCUT2D eigenvalue weighted by Crippen LogP contribution is -2.41. The molecule has 0 aliphatic rings. The van der Waals surface area contributed by atoms with Gasteiger partial charge in [0.05, 0.1) is 24.0 Å². The average Bonchev–Trinajstić information content (AvgIpc) is 3.21. The molecule has 4 N–H and O–H groups in total. The first-order valence-electron chi connectivity index (χ1n) is 10.0. The van der Waals surface area contributed by atoms with Crippen LogP contribution in [0, 0.1) is 0 Å². The second kappa shape index (κ2) is 9.69. The van der Waals surface area contributed by atoms with Crippen molar-refractivity contribution in [3.8, 4) is 0 Å². The minimum atomic E-state index is -0.404. The topological polar surface area (TPSA) is 102 Å². The molecule has 0 radical (unpaired) electrons. The van der Waals surface area contributed by atoms with Crippen molar-refractivity contribution in [1.29, 1.82) is 0 Å². The Hall–Kier alpha value is -3.97. The number of nitrogens with one attached hydrogen (secondary N) is 3. The normalized spacial score (nSPS) is 12.2. The van der Waals surface area contributed by atoms with E-state index < -0.39 is 6.04 Å². The average molecular weight is 413 g/mol. The summed E-state index contributed by atoms with van der Waals surface area (Å²) in [5, 5.41) is 24.8. The van der Waals surface area contributed by atoms with Gasteiger partial charge in [-0.1, -0.05) is 36.4 Å². The monoisotopic (exact) mass is 413 g/mol. The number of carbonyl (C=O) groups is 1.